The molecule has 2 rings (SSSR count). The second-order valence-electron chi connectivity index (χ2n) is 3.75. The maximum absolute atomic E-state index is 12.1. The van der Waals surface area contributed by atoms with Crippen LogP contribution in [-0.2, 0) is 0 Å². The van der Waals surface area contributed by atoms with E-state index in [2.05, 4.69) is 26.2 Å². The van der Waals surface area contributed by atoms with Crippen LogP contribution in [0.1, 0.15) is 17.4 Å². The third-order valence-corrected chi connectivity index (χ3v) is 3.02. The van der Waals surface area contributed by atoms with Crippen molar-refractivity contribution in [2.24, 2.45) is 0 Å². The van der Waals surface area contributed by atoms with Crippen LogP contribution in [0, 0.1) is 0 Å². The minimum absolute atomic E-state index is 0.263. The normalized spacial score (nSPS) is 10.0. The maximum atomic E-state index is 12.1. The molecule has 2 aromatic rings. The highest BCUT2D eigenvalue weighted by Gasteiger charge is 2.11. The number of aromatic nitrogens is 1. The highest BCUT2D eigenvalue weighted by atomic mass is 79.9. The molecular formula is C14H13BrN2O2. The van der Waals surface area contributed by atoms with Gasteiger partial charge in [-0.1, -0.05) is 6.07 Å². The molecule has 1 aromatic heterocycles. The van der Waals surface area contributed by atoms with Gasteiger partial charge >= 0.3 is 0 Å². The molecule has 1 aromatic carbocycles. The fourth-order valence-corrected chi connectivity index (χ4v) is 2.01. The summed E-state index contributed by atoms with van der Waals surface area (Å²) < 4.78 is 6.04. The summed E-state index contributed by atoms with van der Waals surface area (Å²) in [6.45, 7) is 2.50. The summed E-state index contributed by atoms with van der Waals surface area (Å²) in [5.41, 5.74) is 1.03. The Labute approximate surface area is 119 Å². The quantitative estimate of drug-likeness (QED) is 0.938. The van der Waals surface area contributed by atoms with E-state index in [1.54, 1.807) is 30.5 Å². The molecule has 98 valence electrons. The van der Waals surface area contributed by atoms with Crippen molar-refractivity contribution < 1.29 is 9.53 Å². The number of nitrogens with zero attached hydrogens (tertiary/aromatic N) is 1. The molecule has 0 spiro atoms. The van der Waals surface area contributed by atoms with Crippen LogP contribution in [-0.4, -0.2) is 17.5 Å². The summed E-state index contributed by atoms with van der Waals surface area (Å²) in [6.07, 6.45) is 1.58. The number of nitrogens with one attached hydrogen (secondary N) is 1. The number of ether oxygens (including phenoxy) is 1. The van der Waals surface area contributed by atoms with Gasteiger partial charge in [0.25, 0.3) is 5.91 Å². The van der Waals surface area contributed by atoms with Crippen molar-refractivity contribution in [3.8, 4) is 5.75 Å². The average molecular weight is 321 g/mol. The van der Waals surface area contributed by atoms with E-state index in [0.29, 0.717) is 22.5 Å². The van der Waals surface area contributed by atoms with Gasteiger partial charge in [0, 0.05) is 22.4 Å². The Bertz CT molecular complexity index is 587. The zero-order chi connectivity index (χ0) is 13.7. The number of hydrogen-bond donors (Lipinski definition) is 1. The molecule has 0 atom stereocenters. The number of halogens is 1. The molecule has 0 unspecified atom stereocenters. The maximum Gasteiger partial charge on any atom is 0.275 e. The van der Waals surface area contributed by atoms with E-state index in [1.165, 1.54) is 0 Å². The first-order valence-corrected chi connectivity index (χ1v) is 6.64. The van der Waals surface area contributed by atoms with Crippen molar-refractivity contribution >= 4 is 27.5 Å². The Morgan fingerprint density at radius 2 is 2.21 bits per heavy atom. The third-order valence-electron chi connectivity index (χ3n) is 2.38. The Morgan fingerprint density at radius 1 is 1.37 bits per heavy atom. The van der Waals surface area contributed by atoms with Gasteiger partial charge in [-0.25, -0.2) is 4.98 Å². The molecule has 0 saturated heterocycles. The number of amides is 1. The smallest absolute Gasteiger partial charge is 0.275 e. The summed E-state index contributed by atoms with van der Waals surface area (Å²) in [6, 6.07) is 10.8. The van der Waals surface area contributed by atoms with Crippen LogP contribution >= 0.6 is 15.9 Å². The highest BCUT2D eigenvalue weighted by Crippen LogP contribution is 2.19. The van der Waals surface area contributed by atoms with Crippen LogP contribution in [0.2, 0.25) is 0 Å². The number of pyridine rings is 1. The fourth-order valence-electron chi connectivity index (χ4n) is 1.57. The molecule has 0 radical (unpaired) electrons. The summed E-state index contributed by atoms with van der Waals surface area (Å²) in [7, 11) is 0. The Morgan fingerprint density at radius 3 is 2.95 bits per heavy atom. The predicted octanol–water partition coefficient (Wildman–Crippen LogP) is 3.50. The summed E-state index contributed by atoms with van der Waals surface area (Å²) >= 11 is 3.30. The Kier molecular flexibility index (Phi) is 4.52. The molecule has 1 heterocycles. The second kappa shape index (κ2) is 6.33. The van der Waals surface area contributed by atoms with Gasteiger partial charge in [-0.05, 0) is 47.1 Å². The number of carbonyl (C=O) groups is 1. The third kappa shape index (κ3) is 3.54. The highest BCUT2D eigenvalue weighted by molar-refractivity contribution is 9.10. The molecule has 19 heavy (non-hydrogen) atoms. The number of anilines is 1. The minimum Gasteiger partial charge on any atom is -0.494 e. The van der Waals surface area contributed by atoms with Crippen LogP contribution in [0.15, 0.2) is 47.1 Å². The van der Waals surface area contributed by atoms with Crippen molar-refractivity contribution in [2.45, 2.75) is 6.92 Å². The van der Waals surface area contributed by atoms with Gasteiger partial charge in [0.2, 0.25) is 0 Å². The van der Waals surface area contributed by atoms with Crippen molar-refractivity contribution in [2.75, 3.05) is 11.9 Å². The van der Waals surface area contributed by atoms with Gasteiger partial charge < -0.3 is 10.1 Å². The predicted molar refractivity (Wildman–Crippen MR) is 77.5 cm³/mol. The molecule has 1 amide bonds. The number of rotatable bonds is 4. The van der Waals surface area contributed by atoms with E-state index >= 15 is 0 Å². The van der Waals surface area contributed by atoms with Gasteiger partial charge in [-0.15, -0.1) is 0 Å². The summed E-state index contributed by atoms with van der Waals surface area (Å²) in [5, 5.41) is 2.79. The van der Waals surface area contributed by atoms with Crippen molar-refractivity contribution in [1.82, 2.24) is 4.98 Å². The van der Waals surface area contributed by atoms with E-state index in [0.717, 1.165) is 5.75 Å². The SMILES string of the molecule is CCOc1cccc(NC(=O)c2ncccc2Br)c1. The molecule has 0 fully saturated rings. The number of carbonyl (C=O) groups excluding carboxylic acids is 1. The van der Waals surface area contributed by atoms with Crippen molar-refractivity contribution in [3.63, 3.8) is 0 Å². The molecule has 0 aliphatic heterocycles. The van der Waals surface area contributed by atoms with E-state index in [-0.39, 0.29) is 5.91 Å². The molecule has 0 saturated carbocycles. The monoisotopic (exact) mass is 320 g/mol. The van der Waals surface area contributed by atoms with Crippen LogP contribution in [0.5, 0.6) is 5.75 Å². The Hall–Kier alpha value is -1.88. The first-order valence-electron chi connectivity index (χ1n) is 5.85. The number of hydrogen-bond acceptors (Lipinski definition) is 3. The first-order chi connectivity index (χ1) is 9.20. The van der Waals surface area contributed by atoms with Gasteiger partial charge in [-0.2, -0.15) is 0 Å². The van der Waals surface area contributed by atoms with E-state index < -0.39 is 0 Å². The standard InChI is InChI=1S/C14H13BrN2O2/c1-2-19-11-6-3-5-10(9-11)17-14(18)13-12(15)7-4-8-16-13/h3-9H,2H2,1H3,(H,17,18). The minimum atomic E-state index is -0.263. The lowest BCUT2D eigenvalue weighted by atomic mass is 10.2. The zero-order valence-corrected chi connectivity index (χ0v) is 12.0. The summed E-state index contributed by atoms with van der Waals surface area (Å²) in [4.78, 5) is 16.1. The lowest BCUT2D eigenvalue weighted by molar-refractivity contribution is 0.102. The molecule has 4 nitrogen and oxygen atoms in total. The van der Waals surface area contributed by atoms with Crippen molar-refractivity contribution in [1.29, 1.82) is 0 Å². The summed E-state index contributed by atoms with van der Waals surface area (Å²) in [5.74, 6) is 0.460. The van der Waals surface area contributed by atoms with Crippen LogP contribution in [0.25, 0.3) is 0 Å². The van der Waals surface area contributed by atoms with Crippen LogP contribution in [0.4, 0.5) is 5.69 Å². The van der Waals surface area contributed by atoms with E-state index in [1.807, 2.05) is 19.1 Å². The topological polar surface area (TPSA) is 51.2 Å². The number of benzene rings is 1. The van der Waals surface area contributed by atoms with Gasteiger partial charge in [0.05, 0.1) is 6.61 Å². The molecule has 0 aliphatic rings. The molecule has 1 N–H and O–H groups in total. The van der Waals surface area contributed by atoms with E-state index in [9.17, 15) is 4.79 Å². The van der Waals surface area contributed by atoms with Gasteiger partial charge in [0.15, 0.2) is 0 Å². The van der Waals surface area contributed by atoms with Crippen molar-refractivity contribution in [3.05, 3.63) is 52.8 Å². The molecular weight excluding hydrogens is 308 g/mol. The van der Waals surface area contributed by atoms with E-state index in [4.69, 9.17) is 4.74 Å². The lowest BCUT2D eigenvalue weighted by Gasteiger charge is -2.08. The van der Waals surface area contributed by atoms with Crippen LogP contribution in [0.3, 0.4) is 0 Å². The van der Waals surface area contributed by atoms with Gasteiger partial charge in [-0.3, -0.25) is 4.79 Å². The molecule has 0 aliphatic carbocycles. The first kappa shape index (κ1) is 13.5. The average Bonchev–Trinajstić information content (AvgIpc) is 2.40. The van der Waals surface area contributed by atoms with Crippen LogP contribution < -0.4 is 10.1 Å². The van der Waals surface area contributed by atoms with Gasteiger partial charge in [0.1, 0.15) is 11.4 Å². The Balaban J connectivity index is 2.15. The lowest BCUT2D eigenvalue weighted by Crippen LogP contribution is -2.14. The largest absolute Gasteiger partial charge is 0.494 e. The molecule has 5 heteroatoms. The zero-order valence-electron chi connectivity index (χ0n) is 10.4. The molecule has 0 bridgehead atoms. The fraction of sp³-hybridized carbons (Fsp3) is 0.143. The second-order valence-corrected chi connectivity index (χ2v) is 4.60.